The van der Waals surface area contributed by atoms with Gasteiger partial charge in [0.25, 0.3) is 0 Å². The maximum absolute atomic E-state index is 14.0. The minimum atomic E-state index is -1.78. The van der Waals surface area contributed by atoms with Crippen molar-refractivity contribution in [2.45, 2.75) is 89.9 Å². The van der Waals surface area contributed by atoms with Crippen LogP contribution in [0, 0.1) is 17.8 Å². The second kappa shape index (κ2) is 15.9. The van der Waals surface area contributed by atoms with E-state index in [2.05, 4.69) is 75.1 Å². The smallest absolute Gasteiger partial charge is 0.407 e. The molecule has 2 aromatic heterocycles. The monoisotopic (exact) mass is 852 g/mol. The number of halogens is 1. The number of fused-ring (bicyclic) bond motifs is 4. The third kappa shape index (κ3) is 7.73. The first-order valence-electron chi connectivity index (χ1n) is 20.7. The number of rotatable bonds is 10. The number of piperidine rings is 1. The average molecular weight is 853 g/mol. The number of ether oxygens (including phenoxy) is 2. The standard InChI is InChI=1S/C44H53ClN8O6Si/c1-22(2)34(49-43(56)58-5)41(54)52-21-60(7,8)20-33(52)40-46-30-16-14-27-17-26(13-15-29(27)36(30)47-40)24-9-11-25(12-10-24)39-48-37(38(45)51-39)32-19-28-18-31(28)53(32)42(55)35(23(3)4)50-44(57)59-6/h9-17,22-23,28,31-35H,18-21H2,1-8H3,(H,46,47)(H,48,51)(H,49,56)(H,50,57)/t28-,31-,32+,33+,34+,35+/m1/s1. The molecule has 60 heavy (non-hydrogen) atoms. The van der Waals surface area contributed by atoms with Crippen molar-refractivity contribution in [3.8, 4) is 22.5 Å². The summed E-state index contributed by atoms with van der Waals surface area (Å²) in [5.41, 5.74) is 5.38. The molecular weight excluding hydrogens is 800 g/mol. The van der Waals surface area contributed by atoms with Crippen LogP contribution in [0.15, 0.2) is 54.6 Å². The molecule has 5 aromatic rings. The second-order valence-electron chi connectivity index (χ2n) is 18.0. The number of hydrogen-bond acceptors (Lipinski definition) is 8. The molecule has 4 heterocycles. The number of nitrogens with one attached hydrogen (secondary N) is 4. The summed E-state index contributed by atoms with van der Waals surface area (Å²) >= 11 is 6.79. The fraction of sp³-hybridized carbons (Fsp3) is 0.455. The van der Waals surface area contributed by atoms with E-state index in [9.17, 15) is 19.2 Å². The van der Waals surface area contributed by atoms with Gasteiger partial charge in [-0.1, -0.05) is 94.9 Å². The molecule has 3 fully saturated rings. The van der Waals surface area contributed by atoms with Crippen LogP contribution in [0.4, 0.5) is 9.59 Å². The number of imidazole rings is 2. The van der Waals surface area contributed by atoms with Gasteiger partial charge in [-0.2, -0.15) is 0 Å². The molecule has 0 bridgehead atoms. The highest BCUT2D eigenvalue weighted by Crippen LogP contribution is 2.54. The van der Waals surface area contributed by atoms with Crippen molar-refractivity contribution < 1.29 is 28.7 Å². The van der Waals surface area contributed by atoms with E-state index in [1.807, 2.05) is 55.7 Å². The van der Waals surface area contributed by atoms with Crippen molar-refractivity contribution >= 4 is 65.5 Å². The van der Waals surface area contributed by atoms with E-state index >= 15 is 0 Å². The van der Waals surface area contributed by atoms with Crippen LogP contribution in [0.1, 0.15) is 64.1 Å². The Balaban J connectivity index is 1.02. The summed E-state index contributed by atoms with van der Waals surface area (Å²) in [5, 5.41) is 7.85. The SMILES string of the molecule is COC(=O)N[C@H](C(=O)N1C[Si](C)(C)C[C@H]1c1nc2c(ccc3cc(-c4ccc(-c5nc(Cl)c([C@@H]6C[C@H]7C[C@H]7N6C(=O)[C@@H](NC(=O)OC)C(C)C)[nH]5)cc4)ccc32)[nH]1)C(C)C. The number of methoxy groups -OCH3 is 2. The maximum Gasteiger partial charge on any atom is 0.407 e. The van der Waals surface area contributed by atoms with E-state index in [4.69, 9.17) is 26.1 Å². The number of H-pyrrole nitrogens is 2. The van der Waals surface area contributed by atoms with Gasteiger partial charge in [0.2, 0.25) is 11.8 Å². The van der Waals surface area contributed by atoms with Crippen LogP contribution >= 0.6 is 11.6 Å². The van der Waals surface area contributed by atoms with Crippen LogP contribution in [-0.2, 0) is 19.1 Å². The van der Waals surface area contributed by atoms with E-state index in [-0.39, 0.29) is 41.8 Å². The van der Waals surface area contributed by atoms with E-state index in [1.54, 1.807) is 0 Å². The number of carbonyl (C=O) groups excluding carboxylic acids is 4. The van der Waals surface area contributed by atoms with Gasteiger partial charge in [0.05, 0.1) is 51.1 Å². The van der Waals surface area contributed by atoms with Crippen LogP contribution in [0.5, 0.6) is 0 Å². The van der Waals surface area contributed by atoms with Gasteiger partial charge in [-0.25, -0.2) is 19.6 Å². The van der Waals surface area contributed by atoms with Gasteiger partial charge in [-0.15, -0.1) is 0 Å². The number of aromatic nitrogens is 4. The molecule has 6 atom stereocenters. The lowest BCUT2D eigenvalue weighted by Crippen LogP contribution is -2.52. The van der Waals surface area contributed by atoms with E-state index in [0.717, 1.165) is 63.2 Å². The molecule has 4 N–H and O–H groups in total. The van der Waals surface area contributed by atoms with Crippen molar-refractivity contribution in [1.29, 1.82) is 0 Å². The van der Waals surface area contributed by atoms with Crippen molar-refractivity contribution in [3.63, 3.8) is 0 Å². The molecule has 0 spiro atoms. The molecule has 16 heteroatoms. The number of amides is 4. The first kappa shape index (κ1) is 41.3. The highest BCUT2D eigenvalue weighted by molar-refractivity contribution is 6.78. The van der Waals surface area contributed by atoms with Crippen molar-refractivity contribution in [1.82, 2.24) is 40.4 Å². The molecule has 8 rings (SSSR count). The molecule has 2 aliphatic heterocycles. The summed E-state index contributed by atoms with van der Waals surface area (Å²) < 4.78 is 9.64. The molecule has 1 aliphatic carbocycles. The van der Waals surface area contributed by atoms with E-state index < -0.39 is 32.3 Å². The lowest BCUT2D eigenvalue weighted by Gasteiger charge is -2.32. The third-order valence-electron chi connectivity index (χ3n) is 12.5. The van der Waals surface area contributed by atoms with Gasteiger partial charge in [-0.05, 0) is 65.3 Å². The topological polar surface area (TPSA) is 175 Å². The molecule has 316 valence electrons. The van der Waals surface area contributed by atoms with E-state index in [0.29, 0.717) is 28.8 Å². The normalized spacial score (nSPS) is 21.6. The summed E-state index contributed by atoms with van der Waals surface area (Å²) in [4.78, 5) is 72.8. The minimum absolute atomic E-state index is 0.113. The fourth-order valence-electron chi connectivity index (χ4n) is 9.22. The zero-order valence-electron chi connectivity index (χ0n) is 35.3. The van der Waals surface area contributed by atoms with Gasteiger partial charge < -0.3 is 39.9 Å². The largest absolute Gasteiger partial charge is 0.453 e. The highest BCUT2D eigenvalue weighted by Gasteiger charge is 2.56. The number of likely N-dealkylation sites (tertiary alicyclic amines) is 1. The van der Waals surface area contributed by atoms with Gasteiger partial charge >= 0.3 is 12.2 Å². The van der Waals surface area contributed by atoms with Crippen LogP contribution in [-0.4, -0.2) is 100 Å². The van der Waals surface area contributed by atoms with Gasteiger partial charge in [0.1, 0.15) is 23.7 Å². The number of aromatic amines is 2. The predicted molar refractivity (Wildman–Crippen MR) is 233 cm³/mol. The molecule has 3 aliphatic rings. The molecule has 14 nitrogen and oxygen atoms in total. The zero-order valence-corrected chi connectivity index (χ0v) is 37.0. The van der Waals surface area contributed by atoms with Crippen LogP contribution in [0.2, 0.25) is 24.3 Å². The predicted octanol–water partition coefficient (Wildman–Crippen LogP) is 7.98. The van der Waals surface area contributed by atoms with Gasteiger partial charge in [0.15, 0.2) is 5.15 Å². The number of nitrogens with zero attached hydrogens (tertiary/aromatic N) is 4. The first-order valence-corrected chi connectivity index (χ1v) is 24.5. The third-order valence-corrected chi connectivity index (χ3v) is 15.4. The Kier molecular flexibility index (Phi) is 10.9. The number of hydrogen-bond donors (Lipinski definition) is 4. The molecular formula is C44H53ClN8O6Si. The Bertz CT molecular complexity index is 2480. The lowest BCUT2D eigenvalue weighted by atomic mass is 9.99. The minimum Gasteiger partial charge on any atom is -0.453 e. The Morgan fingerprint density at radius 1 is 0.800 bits per heavy atom. The summed E-state index contributed by atoms with van der Waals surface area (Å²) in [6, 6.07) is 17.7. The summed E-state index contributed by atoms with van der Waals surface area (Å²) in [6.07, 6.45) is 1.13. The van der Waals surface area contributed by atoms with Crippen LogP contribution in [0.25, 0.3) is 44.3 Å². The van der Waals surface area contributed by atoms with Crippen LogP contribution in [0.3, 0.4) is 0 Å². The molecule has 1 saturated carbocycles. The quantitative estimate of drug-likeness (QED) is 0.102. The summed E-state index contributed by atoms with van der Waals surface area (Å²) in [7, 11) is 0.807. The Labute approximate surface area is 355 Å². The molecule has 2 saturated heterocycles. The molecule has 0 radical (unpaired) electrons. The summed E-state index contributed by atoms with van der Waals surface area (Å²) in [6.45, 7) is 12.2. The van der Waals surface area contributed by atoms with Crippen molar-refractivity contribution in [2.75, 3.05) is 20.4 Å². The van der Waals surface area contributed by atoms with Gasteiger partial charge in [-0.3, -0.25) is 9.59 Å². The van der Waals surface area contributed by atoms with E-state index in [1.165, 1.54) is 14.2 Å². The van der Waals surface area contributed by atoms with Crippen molar-refractivity contribution in [3.05, 3.63) is 71.3 Å². The molecule has 4 amide bonds. The zero-order chi connectivity index (χ0) is 42.8. The second-order valence-corrected chi connectivity index (χ2v) is 23.4. The lowest BCUT2D eigenvalue weighted by molar-refractivity contribution is -0.137. The van der Waals surface area contributed by atoms with Crippen LogP contribution < -0.4 is 10.6 Å². The number of benzene rings is 3. The number of alkyl carbamates (subject to hydrolysis) is 2. The first-order chi connectivity index (χ1) is 28.6. The Morgan fingerprint density at radius 3 is 2.08 bits per heavy atom. The highest BCUT2D eigenvalue weighted by atomic mass is 35.5. The fourth-order valence-corrected chi connectivity index (χ4v) is 12.4. The molecule has 0 unspecified atom stereocenters. The Morgan fingerprint density at radius 2 is 1.43 bits per heavy atom. The Hall–Kier alpha value is -5.41. The number of carbonyl (C=O) groups is 4. The maximum atomic E-state index is 14.0. The van der Waals surface area contributed by atoms with Gasteiger partial charge in [0, 0.05) is 23.2 Å². The average Bonchev–Trinajstić information content (AvgIpc) is 3.55. The molecule has 3 aromatic carbocycles. The summed E-state index contributed by atoms with van der Waals surface area (Å²) in [5.74, 6) is 1.24. The van der Waals surface area contributed by atoms with Crippen molar-refractivity contribution in [2.24, 2.45) is 17.8 Å².